The molecule has 8 heavy (non-hydrogen) atoms. The topological polar surface area (TPSA) is 0 Å². The third-order valence-corrected chi connectivity index (χ3v) is 3.00. The molecule has 2 fully saturated rings. The van der Waals surface area contributed by atoms with Crippen LogP contribution >= 0.6 is 0 Å². The first-order valence-electron chi connectivity index (χ1n) is 3.80. The van der Waals surface area contributed by atoms with Gasteiger partial charge in [0.2, 0.25) is 0 Å². The van der Waals surface area contributed by atoms with Crippen molar-refractivity contribution < 1.29 is 0 Å². The van der Waals surface area contributed by atoms with Gasteiger partial charge in [-0.25, -0.2) is 0 Å². The van der Waals surface area contributed by atoms with Gasteiger partial charge < -0.3 is 0 Å². The Morgan fingerprint density at radius 3 is 1.75 bits per heavy atom. The van der Waals surface area contributed by atoms with E-state index in [0.29, 0.717) is 0 Å². The fourth-order valence-electron chi connectivity index (χ4n) is 2.40. The van der Waals surface area contributed by atoms with Crippen molar-refractivity contribution in [2.75, 3.05) is 0 Å². The maximum Gasteiger partial charge on any atom is -0.0329 e. The Morgan fingerprint density at radius 2 is 1.62 bits per heavy atom. The minimum absolute atomic E-state index is 0.979. The summed E-state index contributed by atoms with van der Waals surface area (Å²) < 4.78 is 0. The molecule has 2 saturated carbocycles. The maximum atomic E-state index is 2.36. The lowest BCUT2D eigenvalue weighted by atomic mass is 10.0. The third kappa shape index (κ3) is 0.416. The number of hydrogen-bond acceptors (Lipinski definition) is 0. The average Bonchev–Trinajstić information content (AvgIpc) is 2.07. The van der Waals surface area contributed by atoms with E-state index in [-0.39, 0.29) is 0 Å². The van der Waals surface area contributed by atoms with Crippen LogP contribution in [0.2, 0.25) is 0 Å². The molecule has 2 aliphatic rings. The van der Waals surface area contributed by atoms with Crippen LogP contribution in [0.25, 0.3) is 0 Å². The third-order valence-electron chi connectivity index (χ3n) is 3.00. The van der Waals surface area contributed by atoms with E-state index in [2.05, 4.69) is 13.8 Å². The predicted octanol–water partition coefficient (Wildman–Crippen LogP) is 2.30. The van der Waals surface area contributed by atoms with E-state index in [1.54, 1.807) is 12.8 Å². The molecule has 2 rings (SSSR count). The van der Waals surface area contributed by atoms with Crippen LogP contribution in [0.1, 0.15) is 26.7 Å². The van der Waals surface area contributed by atoms with Gasteiger partial charge in [-0.15, -0.1) is 0 Å². The van der Waals surface area contributed by atoms with Crippen LogP contribution in [0.4, 0.5) is 0 Å². The fraction of sp³-hybridized carbons (Fsp3) is 1.00. The second-order valence-electron chi connectivity index (χ2n) is 3.73. The van der Waals surface area contributed by atoms with Gasteiger partial charge in [-0.2, -0.15) is 0 Å². The smallest absolute Gasteiger partial charge is 0.0329 e. The molecule has 46 valence electrons. The molecular weight excluding hydrogens is 96.1 g/mol. The van der Waals surface area contributed by atoms with Gasteiger partial charge in [-0.1, -0.05) is 13.8 Å². The molecule has 0 nitrogen and oxygen atoms in total. The highest BCUT2D eigenvalue weighted by Gasteiger charge is 2.56. The summed E-state index contributed by atoms with van der Waals surface area (Å²) >= 11 is 0. The van der Waals surface area contributed by atoms with Crippen LogP contribution in [-0.2, 0) is 0 Å². The largest absolute Gasteiger partial charge is 0.0625 e. The Balaban J connectivity index is 1.95. The zero-order valence-electron chi connectivity index (χ0n) is 5.72. The number of fused-ring (bicyclic) bond motifs is 1. The maximum absolute atomic E-state index is 2.36. The summed E-state index contributed by atoms with van der Waals surface area (Å²) in [4.78, 5) is 0. The van der Waals surface area contributed by atoms with Gasteiger partial charge in [-0.3, -0.25) is 0 Å². The van der Waals surface area contributed by atoms with E-state index < -0.39 is 0 Å². The first-order chi connectivity index (χ1) is 3.80. The van der Waals surface area contributed by atoms with E-state index in [4.69, 9.17) is 0 Å². The summed E-state index contributed by atoms with van der Waals surface area (Å²) in [5.41, 5.74) is 0. The normalized spacial score (nSPS) is 50.6. The molecule has 0 aromatic carbocycles. The monoisotopic (exact) mass is 110 g/mol. The van der Waals surface area contributed by atoms with E-state index in [1.807, 2.05) is 0 Å². The highest BCUT2D eigenvalue weighted by atomic mass is 14.6. The lowest BCUT2D eigenvalue weighted by molar-refractivity contribution is 0.468. The van der Waals surface area contributed by atoms with Crippen LogP contribution in [0.3, 0.4) is 0 Å². The molecule has 0 N–H and O–H groups in total. The molecule has 1 unspecified atom stereocenters. The molecule has 0 radical (unpaired) electrons. The van der Waals surface area contributed by atoms with Crippen molar-refractivity contribution in [2.24, 2.45) is 23.7 Å². The molecular formula is C8H14. The second kappa shape index (κ2) is 1.29. The van der Waals surface area contributed by atoms with Gasteiger partial charge in [0, 0.05) is 0 Å². The SMILES string of the molecule is CC(C)C1[C@H]2CC[C@@H]12. The van der Waals surface area contributed by atoms with Crippen molar-refractivity contribution in [3.63, 3.8) is 0 Å². The molecule has 2 aliphatic carbocycles. The molecule has 0 aromatic heterocycles. The summed E-state index contributed by atoms with van der Waals surface area (Å²) in [5, 5.41) is 0. The highest BCUT2D eigenvalue weighted by Crippen LogP contribution is 2.63. The van der Waals surface area contributed by atoms with Crippen LogP contribution in [0.5, 0.6) is 0 Å². The number of rotatable bonds is 1. The summed E-state index contributed by atoms with van der Waals surface area (Å²) in [6, 6.07) is 0. The first-order valence-corrected chi connectivity index (χ1v) is 3.80. The van der Waals surface area contributed by atoms with E-state index in [1.165, 1.54) is 11.8 Å². The van der Waals surface area contributed by atoms with Crippen LogP contribution in [0.15, 0.2) is 0 Å². The molecule has 3 atom stereocenters. The first kappa shape index (κ1) is 4.84. The van der Waals surface area contributed by atoms with E-state index >= 15 is 0 Å². The molecule has 0 bridgehead atoms. The van der Waals surface area contributed by atoms with Crippen molar-refractivity contribution in [1.29, 1.82) is 0 Å². The van der Waals surface area contributed by atoms with Crippen LogP contribution in [-0.4, -0.2) is 0 Å². The van der Waals surface area contributed by atoms with Gasteiger partial charge in [-0.05, 0) is 36.5 Å². The fourth-order valence-corrected chi connectivity index (χ4v) is 2.40. The standard InChI is InChI=1S/C8H14/c1-5(2)8-6-3-4-7(6)8/h5-8H,3-4H2,1-2H3/t6-,7+,8?. The minimum Gasteiger partial charge on any atom is -0.0625 e. The summed E-state index contributed by atoms with van der Waals surface area (Å²) in [7, 11) is 0. The van der Waals surface area contributed by atoms with Crippen molar-refractivity contribution in [3.8, 4) is 0 Å². The van der Waals surface area contributed by atoms with Crippen LogP contribution < -0.4 is 0 Å². The molecule has 0 aliphatic heterocycles. The molecule has 0 spiro atoms. The Hall–Kier alpha value is 0. The van der Waals surface area contributed by atoms with Gasteiger partial charge in [0.05, 0.1) is 0 Å². The van der Waals surface area contributed by atoms with Gasteiger partial charge >= 0.3 is 0 Å². The lowest BCUT2D eigenvalue weighted by Crippen LogP contribution is -1.93. The van der Waals surface area contributed by atoms with Crippen molar-refractivity contribution in [3.05, 3.63) is 0 Å². The van der Waals surface area contributed by atoms with Crippen molar-refractivity contribution >= 4 is 0 Å². The Morgan fingerprint density at radius 1 is 1.12 bits per heavy atom. The summed E-state index contributed by atoms with van der Waals surface area (Å²) in [5.74, 6) is 4.51. The zero-order valence-corrected chi connectivity index (χ0v) is 5.72. The van der Waals surface area contributed by atoms with Gasteiger partial charge in [0.1, 0.15) is 0 Å². The Bertz CT molecular complexity index is 91.9. The minimum atomic E-state index is 0.979. The lowest BCUT2D eigenvalue weighted by Gasteiger charge is -2.04. The highest BCUT2D eigenvalue weighted by molar-refractivity contribution is 5.05. The molecule has 0 aromatic rings. The average molecular weight is 110 g/mol. The molecule has 0 amide bonds. The molecule has 0 heteroatoms. The van der Waals surface area contributed by atoms with Gasteiger partial charge in [0.15, 0.2) is 0 Å². The van der Waals surface area contributed by atoms with Crippen LogP contribution in [0, 0.1) is 23.7 Å². The Labute approximate surface area is 51.3 Å². The summed E-state index contributed by atoms with van der Waals surface area (Å²) in [6.45, 7) is 4.73. The molecule has 0 heterocycles. The zero-order chi connectivity index (χ0) is 5.72. The van der Waals surface area contributed by atoms with Crippen molar-refractivity contribution in [1.82, 2.24) is 0 Å². The Kier molecular flexibility index (Phi) is 0.778. The number of hydrogen-bond donors (Lipinski definition) is 0. The van der Waals surface area contributed by atoms with E-state index in [0.717, 1.165) is 11.8 Å². The molecule has 0 saturated heterocycles. The predicted molar refractivity (Wildman–Crippen MR) is 34.5 cm³/mol. The second-order valence-corrected chi connectivity index (χ2v) is 3.73. The summed E-state index contributed by atoms with van der Waals surface area (Å²) in [6.07, 6.45) is 3.10. The van der Waals surface area contributed by atoms with E-state index in [9.17, 15) is 0 Å². The quantitative estimate of drug-likeness (QED) is 0.486. The van der Waals surface area contributed by atoms with Gasteiger partial charge in [0.25, 0.3) is 0 Å². The van der Waals surface area contributed by atoms with Crippen molar-refractivity contribution in [2.45, 2.75) is 26.7 Å².